The van der Waals surface area contributed by atoms with Gasteiger partial charge in [0, 0.05) is 12.6 Å². The van der Waals surface area contributed by atoms with E-state index in [0.29, 0.717) is 19.4 Å². The molecule has 1 aliphatic heterocycles. The topological polar surface area (TPSA) is 79.8 Å². The van der Waals surface area contributed by atoms with Gasteiger partial charge in [-0.05, 0) is 51.3 Å². The first kappa shape index (κ1) is 18.5. The van der Waals surface area contributed by atoms with E-state index < -0.39 is 17.2 Å². The number of nitrogens with one attached hydrogen (secondary N) is 2. The molecule has 0 radical (unpaired) electrons. The zero-order valence-corrected chi connectivity index (χ0v) is 14.9. The molecule has 134 valence electrons. The summed E-state index contributed by atoms with van der Waals surface area (Å²) in [6.45, 7) is 6.15. The highest BCUT2D eigenvalue weighted by atomic mass is 16.6. The van der Waals surface area contributed by atoms with Crippen LogP contribution in [0.3, 0.4) is 0 Å². The molecule has 6 nitrogen and oxygen atoms in total. The Labute approximate surface area is 143 Å². The van der Waals surface area contributed by atoms with Crippen LogP contribution in [0.2, 0.25) is 0 Å². The van der Waals surface area contributed by atoms with Gasteiger partial charge < -0.3 is 25.2 Å². The van der Waals surface area contributed by atoms with E-state index in [1.165, 1.54) is 0 Å². The summed E-state index contributed by atoms with van der Waals surface area (Å²) in [5, 5.41) is 15.7. The maximum Gasteiger partial charge on any atom is 0.408 e. The largest absolute Gasteiger partial charge is 0.497 e. The fourth-order valence-electron chi connectivity index (χ4n) is 3.01. The molecular formula is C18H28N2O4. The summed E-state index contributed by atoms with van der Waals surface area (Å²) in [7, 11) is 1.63. The van der Waals surface area contributed by atoms with Gasteiger partial charge in [-0.25, -0.2) is 4.79 Å². The molecule has 1 aromatic carbocycles. The van der Waals surface area contributed by atoms with E-state index in [4.69, 9.17) is 9.47 Å². The van der Waals surface area contributed by atoms with Crippen molar-refractivity contribution in [3.05, 3.63) is 29.8 Å². The molecule has 0 saturated carbocycles. The van der Waals surface area contributed by atoms with Crippen LogP contribution in [0.15, 0.2) is 24.3 Å². The van der Waals surface area contributed by atoms with E-state index in [1.54, 1.807) is 7.11 Å². The van der Waals surface area contributed by atoms with Crippen LogP contribution in [0, 0.1) is 0 Å². The zero-order chi connectivity index (χ0) is 17.8. The molecule has 1 fully saturated rings. The summed E-state index contributed by atoms with van der Waals surface area (Å²) in [5.41, 5.74) is 0.0604. The van der Waals surface area contributed by atoms with Crippen LogP contribution in [0.1, 0.15) is 32.8 Å². The molecule has 1 aliphatic rings. The van der Waals surface area contributed by atoms with E-state index >= 15 is 0 Å². The van der Waals surface area contributed by atoms with Gasteiger partial charge in [-0.1, -0.05) is 12.1 Å². The second-order valence-electron chi connectivity index (χ2n) is 7.40. The SMILES string of the molecule is COc1ccc(C[C@]2(NC(=O)OC(C)(C)C)CN[C@H](CO)C2)cc1. The highest BCUT2D eigenvalue weighted by Crippen LogP contribution is 2.26. The number of amides is 1. The number of ether oxygens (including phenoxy) is 2. The first-order valence-electron chi connectivity index (χ1n) is 8.24. The molecule has 1 saturated heterocycles. The molecule has 0 unspecified atom stereocenters. The summed E-state index contributed by atoms with van der Waals surface area (Å²) < 4.78 is 10.6. The number of rotatable bonds is 5. The molecule has 24 heavy (non-hydrogen) atoms. The Balaban J connectivity index is 2.13. The van der Waals surface area contributed by atoms with Crippen molar-refractivity contribution in [3.63, 3.8) is 0 Å². The smallest absolute Gasteiger partial charge is 0.408 e. The summed E-state index contributed by atoms with van der Waals surface area (Å²) in [5.74, 6) is 0.797. The Hall–Kier alpha value is -1.79. The van der Waals surface area contributed by atoms with Gasteiger partial charge >= 0.3 is 6.09 Å². The Kier molecular flexibility index (Phi) is 5.72. The number of hydrogen-bond acceptors (Lipinski definition) is 5. The summed E-state index contributed by atoms with van der Waals surface area (Å²) in [4.78, 5) is 12.3. The van der Waals surface area contributed by atoms with Gasteiger partial charge in [-0.2, -0.15) is 0 Å². The van der Waals surface area contributed by atoms with Gasteiger partial charge in [0.15, 0.2) is 0 Å². The van der Waals surface area contributed by atoms with E-state index in [2.05, 4.69) is 10.6 Å². The third kappa shape index (κ3) is 5.11. The minimum absolute atomic E-state index is 0.0295. The van der Waals surface area contributed by atoms with Gasteiger partial charge in [0.25, 0.3) is 0 Å². The molecule has 1 aromatic rings. The number of benzene rings is 1. The first-order chi connectivity index (χ1) is 11.3. The van der Waals surface area contributed by atoms with E-state index in [1.807, 2.05) is 45.0 Å². The summed E-state index contributed by atoms with van der Waals surface area (Å²) in [6, 6.07) is 7.76. The fraction of sp³-hybridized carbons (Fsp3) is 0.611. The second kappa shape index (κ2) is 7.40. The predicted molar refractivity (Wildman–Crippen MR) is 92.3 cm³/mol. The monoisotopic (exact) mass is 336 g/mol. The van der Waals surface area contributed by atoms with E-state index in [-0.39, 0.29) is 12.6 Å². The van der Waals surface area contributed by atoms with E-state index in [9.17, 15) is 9.90 Å². The average Bonchev–Trinajstić information content (AvgIpc) is 2.89. The van der Waals surface area contributed by atoms with Crippen molar-refractivity contribution in [3.8, 4) is 5.75 Å². The van der Waals surface area contributed by atoms with Crippen LogP contribution < -0.4 is 15.4 Å². The molecule has 0 spiro atoms. The lowest BCUT2D eigenvalue weighted by atomic mass is 9.88. The summed E-state index contributed by atoms with van der Waals surface area (Å²) in [6.07, 6.45) is 0.866. The Morgan fingerprint density at radius 2 is 2.04 bits per heavy atom. The molecule has 1 heterocycles. The van der Waals surface area contributed by atoms with Crippen molar-refractivity contribution in [1.29, 1.82) is 0 Å². The minimum atomic E-state index is -0.548. The van der Waals surface area contributed by atoms with Crippen LogP contribution >= 0.6 is 0 Å². The molecule has 0 aromatic heterocycles. The lowest BCUT2D eigenvalue weighted by Gasteiger charge is -2.31. The Morgan fingerprint density at radius 1 is 1.38 bits per heavy atom. The number of carbonyl (C=O) groups excluding carboxylic acids is 1. The molecule has 3 N–H and O–H groups in total. The van der Waals surface area contributed by atoms with Crippen LogP contribution in [-0.2, 0) is 11.2 Å². The second-order valence-corrected chi connectivity index (χ2v) is 7.40. The van der Waals surface area contributed by atoms with Crippen molar-refractivity contribution >= 4 is 6.09 Å². The molecule has 1 amide bonds. The van der Waals surface area contributed by atoms with Gasteiger partial charge in [0.1, 0.15) is 11.4 Å². The predicted octanol–water partition coefficient (Wildman–Crippen LogP) is 1.86. The third-order valence-electron chi connectivity index (χ3n) is 4.05. The molecule has 2 rings (SSSR count). The van der Waals surface area contributed by atoms with Crippen LogP contribution in [0.4, 0.5) is 4.79 Å². The Morgan fingerprint density at radius 3 is 2.54 bits per heavy atom. The van der Waals surface area contributed by atoms with Gasteiger partial charge in [0.2, 0.25) is 0 Å². The molecular weight excluding hydrogens is 308 g/mol. The first-order valence-corrected chi connectivity index (χ1v) is 8.24. The third-order valence-corrected chi connectivity index (χ3v) is 4.05. The van der Waals surface area contributed by atoms with E-state index in [0.717, 1.165) is 11.3 Å². The Bertz CT molecular complexity index is 553. The number of aliphatic hydroxyl groups is 1. The lowest BCUT2D eigenvalue weighted by Crippen LogP contribution is -2.53. The van der Waals surface area contributed by atoms with Gasteiger partial charge in [0.05, 0.1) is 19.3 Å². The van der Waals surface area contributed by atoms with Crippen molar-refractivity contribution in [2.24, 2.45) is 0 Å². The minimum Gasteiger partial charge on any atom is -0.497 e. The number of hydrogen-bond donors (Lipinski definition) is 3. The van der Waals surface area contributed by atoms with Crippen molar-refractivity contribution < 1.29 is 19.4 Å². The zero-order valence-electron chi connectivity index (χ0n) is 14.9. The fourth-order valence-corrected chi connectivity index (χ4v) is 3.01. The number of aliphatic hydroxyl groups excluding tert-OH is 1. The molecule has 0 aliphatic carbocycles. The lowest BCUT2D eigenvalue weighted by molar-refractivity contribution is 0.0460. The highest BCUT2D eigenvalue weighted by Gasteiger charge is 2.41. The molecule has 2 atom stereocenters. The maximum atomic E-state index is 12.3. The maximum absolute atomic E-state index is 12.3. The van der Waals surface area contributed by atoms with Gasteiger partial charge in [-0.15, -0.1) is 0 Å². The van der Waals surface area contributed by atoms with Crippen molar-refractivity contribution in [1.82, 2.24) is 10.6 Å². The highest BCUT2D eigenvalue weighted by molar-refractivity contribution is 5.69. The number of carbonyl (C=O) groups is 1. The average molecular weight is 336 g/mol. The van der Waals surface area contributed by atoms with Crippen molar-refractivity contribution in [2.45, 2.75) is 50.8 Å². The molecule has 0 bridgehead atoms. The van der Waals surface area contributed by atoms with Gasteiger partial charge in [-0.3, -0.25) is 0 Å². The van der Waals surface area contributed by atoms with Crippen LogP contribution in [0.5, 0.6) is 5.75 Å². The van der Waals surface area contributed by atoms with Crippen molar-refractivity contribution in [2.75, 3.05) is 20.3 Å². The van der Waals surface area contributed by atoms with Crippen LogP contribution in [-0.4, -0.2) is 48.6 Å². The standard InChI is InChI=1S/C18H28N2O4/c1-17(2,3)24-16(22)20-18(10-14(11-21)19-12-18)9-13-5-7-15(23-4)8-6-13/h5-8,14,19,21H,9-12H2,1-4H3,(H,20,22)/t14-,18+/m0/s1. The molecule has 6 heteroatoms. The quantitative estimate of drug-likeness (QED) is 0.765. The summed E-state index contributed by atoms with van der Waals surface area (Å²) >= 11 is 0. The van der Waals surface area contributed by atoms with Crippen LogP contribution in [0.25, 0.3) is 0 Å². The number of alkyl carbamates (subject to hydrolysis) is 1. The normalized spacial score (nSPS) is 23.8. The number of methoxy groups -OCH3 is 1.